The molecular formula is C15H18N2O2. The Morgan fingerprint density at radius 3 is 1.95 bits per heavy atom. The van der Waals surface area contributed by atoms with Crippen LogP contribution < -0.4 is 5.32 Å². The molecule has 2 aliphatic heterocycles. The topological polar surface area (TPSA) is 49.4 Å². The second-order valence-corrected chi connectivity index (χ2v) is 5.62. The summed E-state index contributed by atoms with van der Waals surface area (Å²) in [5, 5.41) is 3.43. The molecule has 3 rings (SSSR count). The Morgan fingerprint density at radius 1 is 1.00 bits per heavy atom. The molecule has 2 atom stereocenters. The van der Waals surface area contributed by atoms with E-state index in [1.165, 1.54) is 4.90 Å². The standard InChI is InChI=1S/C15H18N2O2/c1-9-7-11(8-10(2)16-9)17-14(18)12-5-3-4-6-13(12)15(17)19/h3-6,9-11,16H,7-8H2,1-2H3. The van der Waals surface area contributed by atoms with Gasteiger partial charge in [-0.25, -0.2) is 0 Å². The first-order valence-corrected chi connectivity index (χ1v) is 6.81. The van der Waals surface area contributed by atoms with Crippen LogP contribution >= 0.6 is 0 Å². The molecule has 2 amide bonds. The van der Waals surface area contributed by atoms with E-state index in [1.807, 2.05) is 0 Å². The molecule has 0 saturated carbocycles. The highest BCUT2D eigenvalue weighted by atomic mass is 16.2. The fraction of sp³-hybridized carbons (Fsp3) is 0.467. The van der Waals surface area contributed by atoms with Crippen molar-refractivity contribution in [1.82, 2.24) is 10.2 Å². The van der Waals surface area contributed by atoms with Gasteiger partial charge in [-0.05, 0) is 38.8 Å². The number of carbonyl (C=O) groups is 2. The van der Waals surface area contributed by atoms with E-state index in [9.17, 15) is 9.59 Å². The molecule has 1 aromatic rings. The molecule has 2 heterocycles. The predicted octanol–water partition coefficient (Wildman–Crippen LogP) is 1.81. The highest BCUT2D eigenvalue weighted by molar-refractivity contribution is 6.21. The van der Waals surface area contributed by atoms with Gasteiger partial charge in [0.05, 0.1) is 11.1 Å². The van der Waals surface area contributed by atoms with Crippen molar-refractivity contribution >= 4 is 11.8 Å². The molecule has 0 bridgehead atoms. The number of benzene rings is 1. The minimum atomic E-state index is -0.132. The normalized spacial score (nSPS) is 30.6. The molecule has 4 heteroatoms. The van der Waals surface area contributed by atoms with E-state index in [4.69, 9.17) is 0 Å². The Morgan fingerprint density at radius 2 is 1.47 bits per heavy atom. The van der Waals surface area contributed by atoms with Crippen LogP contribution in [-0.2, 0) is 0 Å². The van der Waals surface area contributed by atoms with E-state index < -0.39 is 0 Å². The van der Waals surface area contributed by atoms with E-state index in [-0.39, 0.29) is 17.9 Å². The Balaban J connectivity index is 1.91. The van der Waals surface area contributed by atoms with E-state index in [0.29, 0.717) is 23.2 Å². The summed E-state index contributed by atoms with van der Waals surface area (Å²) in [5.74, 6) is -0.265. The molecule has 2 unspecified atom stereocenters. The molecule has 100 valence electrons. The monoisotopic (exact) mass is 258 g/mol. The molecule has 19 heavy (non-hydrogen) atoms. The molecule has 0 radical (unpaired) electrons. The van der Waals surface area contributed by atoms with Crippen molar-refractivity contribution in [3.05, 3.63) is 35.4 Å². The Labute approximate surface area is 112 Å². The highest BCUT2D eigenvalue weighted by Crippen LogP contribution is 2.29. The minimum Gasteiger partial charge on any atom is -0.312 e. The summed E-state index contributed by atoms with van der Waals surface area (Å²) in [4.78, 5) is 26.3. The molecular weight excluding hydrogens is 240 g/mol. The van der Waals surface area contributed by atoms with Crippen LogP contribution in [0.2, 0.25) is 0 Å². The van der Waals surface area contributed by atoms with Gasteiger partial charge in [-0.3, -0.25) is 14.5 Å². The van der Waals surface area contributed by atoms with Crippen LogP contribution in [0.1, 0.15) is 47.4 Å². The highest BCUT2D eigenvalue weighted by Gasteiger charge is 2.41. The fourth-order valence-electron chi connectivity index (χ4n) is 3.28. The summed E-state index contributed by atoms with van der Waals surface area (Å²) < 4.78 is 0. The Hall–Kier alpha value is -1.68. The van der Waals surface area contributed by atoms with Crippen LogP contribution in [0, 0.1) is 0 Å². The number of amides is 2. The lowest BCUT2D eigenvalue weighted by Crippen LogP contribution is -2.52. The number of rotatable bonds is 1. The number of nitrogens with zero attached hydrogens (tertiary/aromatic N) is 1. The third kappa shape index (κ3) is 1.96. The van der Waals surface area contributed by atoms with Crippen LogP contribution in [0.5, 0.6) is 0 Å². The number of nitrogens with one attached hydrogen (secondary N) is 1. The van der Waals surface area contributed by atoms with Crippen LogP contribution in [-0.4, -0.2) is 34.8 Å². The van der Waals surface area contributed by atoms with Gasteiger partial charge in [-0.15, -0.1) is 0 Å². The molecule has 2 aliphatic rings. The number of carbonyl (C=O) groups excluding carboxylic acids is 2. The molecule has 0 aliphatic carbocycles. The summed E-state index contributed by atoms with van der Waals surface area (Å²) in [6, 6.07) is 7.77. The van der Waals surface area contributed by atoms with Gasteiger partial charge < -0.3 is 5.32 Å². The van der Waals surface area contributed by atoms with Crippen LogP contribution in [0.15, 0.2) is 24.3 Å². The van der Waals surface area contributed by atoms with E-state index in [0.717, 1.165) is 12.8 Å². The molecule has 0 spiro atoms. The van der Waals surface area contributed by atoms with E-state index >= 15 is 0 Å². The smallest absolute Gasteiger partial charge is 0.261 e. The second-order valence-electron chi connectivity index (χ2n) is 5.62. The van der Waals surface area contributed by atoms with E-state index in [1.54, 1.807) is 24.3 Å². The average molecular weight is 258 g/mol. The number of hydrogen-bond acceptors (Lipinski definition) is 3. The van der Waals surface area contributed by atoms with Crippen molar-refractivity contribution < 1.29 is 9.59 Å². The maximum atomic E-state index is 12.4. The zero-order chi connectivity index (χ0) is 13.6. The van der Waals surface area contributed by atoms with Crippen LogP contribution in [0.25, 0.3) is 0 Å². The second kappa shape index (κ2) is 4.46. The van der Waals surface area contributed by atoms with Gasteiger partial charge >= 0.3 is 0 Å². The van der Waals surface area contributed by atoms with E-state index in [2.05, 4.69) is 19.2 Å². The third-order valence-corrected chi connectivity index (χ3v) is 4.01. The van der Waals surface area contributed by atoms with Crippen molar-refractivity contribution in [1.29, 1.82) is 0 Å². The van der Waals surface area contributed by atoms with Crippen LogP contribution in [0.4, 0.5) is 0 Å². The first kappa shape index (κ1) is 12.4. The van der Waals surface area contributed by atoms with Crippen molar-refractivity contribution in [2.75, 3.05) is 0 Å². The molecule has 0 aromatic heterocycles. The lowest BCUT2D eigenvalue weighted by Gasteiger charge is -2.37. The third-order valence-electron chi connectivity index (χ3n) is 4.01. The lowest BCUT2D eigenvalue weighted by atomic mass is 9.94. The SMILES string of the molecule is CC1CC(N2C(=O)c3ccccc3C2=O)CC(C)N1. The number of piperidine rings is 1. The number of hydrogen-bond donors (Lipinski definition) is 1. The summed E-state index contributed by atoms with van der Waals surface area (Å²) in [6.07, 6.45) is 1.66. The Bertz CT molecular complexity index is 496. The zero-order valence-corrected chi connectivity index (χ0v) is 11.2. The minimum absolute atomic E-state index is 0.0126. The van der Waals surface area contributed by atoms with Gasteiger partial charge in [0, 0.05) is 18.1 Å². The van der Waals surface area contributed by atoms with Crippen molar-refractivity contribution in [3.8, 4) is 0 Å². The van der Waals surface area contributed by atoms with Gasteiger partial charge in [-0.1, -0.05) is 12.1 Å². The maximum absolute atomic E-state index is 12.4. The predicted molar refractivity (Wildman–Crippen MR) is 72.0 cm³/mol. The molecule has 1 aromatic carbocycles. The van der Waals surface area contributed by atoms with Crippen LogP contribution in [0.3, 0.4) is 0 Å². The quantitative estimate of drug-likeness (QED) is 0.782. The van der Waals surface area contributed by atoms with Gasteiger partial charge in [0.25, 0.3) is 11.8 Å². The van der Waals surface area contributed by atoms with Gasteiger partial charge in [0.2, 0.25) is 0 Å². The zero-order valence-electron chi connectivity index (χ0n) is 11.2. The van der Waals surface area contributed by atoms with Crippen molar-refractivity contribution in [2.45, 2.75) is 44.8 Å². The van der Waals surface area contributed by atoms with Gasteiger partial charge in [0.15, 0.2) is 0 Å². The molecule has 4 nitrogen and oxygen atoms in total. The van der Waals surface area contributed by atoms with Crippen molar-refractivity contribution in [3.63, 3.8) is 0 Å². The van der Waals surface area contributed by atoms with Gasteiger partial charge in [-0.2, -0.15) is 0 Å². The lowest BCUT2D eigenvalue weighted by molar-refractivity contribution is 0.0523. The summed E-state index contributed by atoms with van der Waals surface area (Å²) >= 11 is 0. The summed E-state index contributed by atoms with van der Waals surface area (Å²) in [7, 11) is 0. The summed E-state index contributed by atoms with van der Waals surface area (Å²) in [5.41, 5.74) is 1.10. The number of fused-ring (bicyclic) bond motifs is 1. The molecule has 1 fully saturated rings. The first-order chi connectivity index (χ1) is 9.08. The average Bonchev–Trinajstić information content (AvgIpc) is 2.61. The fourth-order valence-corrected chi connectivity index (χ4v) is 3.28. The van der Waals surface area contributed by atoms with Crippen molar-refractivity contribution in [2.24, 2.45) is 0 Å². The molecule has 1 saturated heterocycles. The Kier molecular flexibility index (Phi) is 2.90. The largest absolute Gasteiger partial charge is 0.312 e. The number of imide groups is 1. The van der Waals surface area contributed by atoms with Gasteiger partial charge in [0.1, 0.15) is 0 Å². The molecule has 1 N–H and O–H groups in total. The first-order valence-electron chi connectivity index (χ1n) is 6.81. The summed E-state index contributed by atoms with van der Waals surface area (Å²) in [6.45, 7) is 4.20. The maximum Gasteiger partial charge on any atom is 0.261 e.